The fraction of sp³-hybridized carbons (Fsp3) is 0.143. The van der Waals surface area contributed by atoms with E-state index in [1.807, 2.05) is 6.07 Å². The highest BCUT2D eigenvalue weighted by molar-refractivity contribution is 5.91. The molecule has 0 bridgehead atoms. The Bertz CT molecular complexity index is 1150. The van der Waals surface area contributed by atoms with E-state index in [-0.39, 0.29) is 6.54 Å². The Labute approximate surface area is 166 Å². The Balaban J connectivity index is 1.90. The van der Waals surface area contributed by atoms with E-state index in [9.17, 15) is 9.59 Å². The van der Waals surface area contributed by atoms with Gasteiger partial charge in [0.2, 0.25) is 5.91 Å². The number of hydrogen-bond acceptors (Lipinski definition) is 6. The summed E-state index contributed by atoms with van der Waals surface area (Å²) in [6, 6.07) is 16.7. The maximum Gasteiger partial charge on any atom is 0.267 e. The van der Waals surface area contributed by atoms with E-state index in [2.05, 4.69) is 10.4 Å². The number of hydrogen-bond donors (Lipinski definition) is 1. The first kappa shape index (κ1) is 19.6. The standard InChI is InChI=1S/C21H18N4O4/c1-28-15-7-9-19(29-2)16(11-15)18-8-10-21(27)25(24-18)13-20(26)23-17-6-4-3-5-14(17)12-22/h3-11H,13H2,1-2H3,(H,23,26). The van der Waals surface area contributed by atoms with Gasteiger partial charge in [0.1, 0.15) is 24.1 Å². The van der Waals surface area contributed by atoms with Crippen LogP contribution in [0.4, 0.5) is 5.69 Å². The number of anilines is 1. The summed E-state index contributed by atoms with van der Waals surface area (Å²) in [5, 5.41) is 16.1. The van der Waals surface area contributed by atoms with Gasteiger partial charge in [-0.1, -0.05) is 12.1 Å². The molecule has 0 spiro atoms. The third-order valence-electron chi connectivity index (χ3n) is 4.16. The first-order chi connectivity index (χ1) is 14.0. The van der Waals surface area contributed by atoms with Crippen molar-refractivity contribution >= 4 is 11.6 Å². The molecule has 29 heavy (non-hydrogen) atoms. The number of nitriles is 1. The first-order valence-corrected chi connectivity index (χ1v) is 8.65. The molecule has 146 valence electrons. The maximum atomic E-state index is 12.4. The molecule has 0 radical (unpaired) electrons. The van der Waals surface area contributed by atoms with Gasteiger partial charge < -0.3 is 14.8 Å². The fourth-order valence-corrected chi connectivity index (χ4v) is 2.74. The summed E-state index contributed by atoms with van der Waals surface area (Å²) in [7, 11) is 3.07. The molecule has 2 aromatic carbocycles. The number of para-hydroxylation sites is 1. The number of carbonyl (C=O) groups is 1. The molecule has 0 saturated carbocycles. The summed E-state index contributed by atoms with van der Waals surface area (Å²) >= 11 is 0. The molecule has 0 saturated heterocycles. The molecule has 1 heterocycles. The number of ether oxygens (including phenoxy) is 2. The number of benzene rings is 2. The molecule has 0 aliphatic heterocycles. The van der Waals surface area contributed by atoms with Gasteiger partial charge in [0.05, 0.1) is 31.2 Å². The Hall–Kier alpha value is -4.12. The number of nitrogens with one attached hydrogen (secondary N) is 1. The zero-order valence-electron chi connectivity index (χ0n) is 15.9. The van der Waals surface area contributed by atoms with Crippen LogP contribution in [0.5, 0.6) is 11.5 Å². The highest BCUT2D eigenvalue weighted by atomic mass is 16.5. The second-order valence-electron chi connectivity index (χ2n) is 5.99. The predicted molar refractivity (Wildman–Crippen MR) is 107 cm³/mol. The molecule has 0 fully saturated rings. The van der Waals surface area contributed by atoms with E-state index in [1.165, 1.54) is 13.2 Å². The van der Waals surface area contributed by atoms with E-state index in [1.54, 1.807) is 55.6 Å². The average Bonchev–Trinajstić information content (AvgIpc) is 2.75. The molecule has 3 aromatic rings. The topological polar surface area (TPSA) is 106 Å². The minimum Gasteiger partial charge on any atom is -0.497 e. The molecule has 8 nitrogen and oxygen atoms in total. The molecule has 0 atom stereocenters. The Morgan fingerprint density at radius 3 is 2.66 bits per heavy atom. The van der Waals surface area contributed by atoms with E-state index in [0.29, 0.717) is 34.0 Å². The summed E-state index contributed by atoms with van der Waals surface area (Å²) in [6.07, 6.45) is 0. The second kappa shape index (κ2) is 8.71. The summed E-state index contributed by atoms with van der Waals surface area (Å²) < 4.78 is 11.7. The molecule has 1 amide bonds. The normalized spacial score (nSPS) is 10.1. The Morgan fingerprint density at radius 2 is 1.93 bits per heavy atom. The van der Waals surface area contributed by atoms with Gasteiger partial charge >= 0.3 is 0 Å². The lowest BCUT2D eigenvalue weighted by Gasteiger charge is -2.12. The minimum absolute atomic E-state index is 0.307. The summed E-state index contributed by atoms with van der Waals surface area (Å²) in [6.45, 7) is -0.307. The van der Waals surface area contributed by atoms with Crippen LogP contribution in [0.3, 0.4) is 0 Å². The lowest BCUT2D eigenvalue weighted by molar-refractivity contribution is -0.117. The molecule has 3 rings (SSSR count). The van der Waals surface area contributed by atoms with Gasteiger partial charge in [-0.3, -0.25) is 9.59 Å². The van der Waals surface area contributed by atoms with E-state index >= 15 is 0 Å². The third-order valence-corrected chi connectivity index (χ3v) is 4.16. The van der Waals surface area contributed by atoms with Crippen LogP contribution >= 0.6 is 0 Å². The van der Waals surface area contributed by atoms with Crippen molar-refractivity contribution in [3.05, 3.63) is 70.5 Å². The monoisotopic (exact) mass is 390 g/mol. The van der Waals surface area contributed by atoms with Crippen molar-refractivity contribution in [2.24, 2.45) is 0 Å². The number of methoxy groups -OCH3 is 2. The zero-order valence-corrected chi connectivity index (χ0v) is 15.9. The van der Waals surface area contributed by atoms with Crippen molar-refractivity contribution in [1.29, 1.82) is 5.26 Å². The van der Waals surface area contributed by atoms with Gasteiger partial charge in [-0.25, -0.2) is 4.68 Å². The van der Waals surface area contributed by atoms with Gasteiger partial charge in [-0.15, -0.1) is 0 Å². The molecular formula is C21H18N4O4. The highest BCUT2D eigenvalue weighted by Gasteiger charge is 2.13. The quantitative estimate of drug-likeness (QED) is 0.693. The summed E-state index contributed by atoms with van der Waals surface area (Å²) in [5.74, 6) is 0.680. The van der Waals surface area contributed by atoms with Crippen molar-refractivity contribution in [1.82, 2.24) is 9.78 Å². The van der Waals surface area contributed by atoms with Crippen molar-refractivity contribution in [3.8, 4) is 28.8 Å². The van der Waals surface area contributed by atoms with Crippen molar-refractivity contribution in [2.75, 3.05) is 19.5 Å². The molecule has 0 aliphatic carbocycles. The van der Waals surface area contributed by atoms with Crippen molar-refractivity contribution in [2.45, 2.75) is 6.54 Å². The van der Waals surface area contributed by atoms with Gasteiger partial charge in [0, 0.05) is 11.6 Å². The largest absolute Gasteiger partial charge is 0.497 e. The number of aromatic nitrogens is 2. The SMILES string of the molecule is COc1ccc(OC)c(-c2ccc(=O)n(CC(=O)Nc3ccccc3C#N)n2)c1. The van der Waals surface area contributed by atoms with Crippen LogP contribution in [0.2, 0.25) is 0 Å². The van der Waals surface area contributed by atoms with Crippen LogP contribution < -0.4 is 20.3 Å². The summed E-state index contributed by atoms with van der Waals surface area (Å²) in [5.41, 5.74) is 1.34. The number of rotatable bonds is 6. The molecular weight excluding hydrogens is 372 g/mol. The van der Waals surface area contributed by atoms with E-state index in [0.717, 1.165) is 4.68 Å². The van der Waals surface area contributed by atoms with Crippen molar-refractivity contribution in [3.63, 3.8) is 0 Å². The Kier molecular flexibility index (Phi) is 5.90. The fourth-order valence-electron chi connectivity index (χ4n) is 2.74. The number of nitrogens with zero attached hydrogens (tertiary/aromatic N) is 3. The number of carbonyl (C=O) groups excluding carboxylic acids is 1. The Morgan fingerprint density at radius 1 is 1.14 bits per heavy atom. The number of amides is 1. The predicted octanol–water partition coefficient (Wildman–Crippen LogP) is 2.44. The van der Waals surface area contributed by atoms with Crippen LogP contribution in [0.15, 0.2) is 59.4 Å². The third kappa shape index (κ3) is 4.42. The lowest BCUT2D eigenvalue weighted by Crippen LogP contribution is -2.29. The molecule has 8 heteroatoms. The van der Waals surface area contributed by atoms with Gasteiger partial charge in [0.25, 0.3) is 5.56 Å². The van der Waals surface area contributed by atoms with Gasteiger partial charge in [0.15, 0.2) is 0 Å². The molecule has 0 unspecified atom stereocenters. The smallest absolute Gasteiger partial charge is 0.267 e. The lowest BCUT2D eigenvalue weighted by atomic mass is 10.1. The van der Waals surface area contributed by atoms with Crippen molar-refractivity contribution < 1.29 is 14.3 Å². The summed E-state index contributed by atoms with van der Waals surface area (Å²) in [4.78, 5) is 24.6. The highest BCUT2D eigenvalue weighted by Crippen LogP contribution is 2.31. The van der Waals surface area contributed by atoms with Crippen LogP contribution in [-0.2, 0) is 11.3 Å². The maximum absolute atomic E-state index is 12.4. The first-order valence-electron chi connectivity index (χ1n) is 8.65. The second-order valence-corrected chi connectivity index (χ2v) is 5.99. The van der Waals surface area contributed by atoms with E-state index in [4.69, 9.17) is 14.7 Å². The van der Waals surface area contributed by atoms with E-state index < -0.39 is 11.5 Å². The molecule has 0 aliphatic rings. The van der Waals surface area contributed by atoms with Crippen LogP contribution in [-0.4, -0.2) is 29.9 Å². The average molecular weight is 390 g/mol. The van der Waals surface area contributed by atoms with Crippen LogP contribution in [0.1, 0.15) is 5.56 Å². The van der Waals surface area contributed by atoms with Gasteiger partial charge in [-0.05, 0) is 36.4 Å². The molecule has 1 aromatic heterocycles. The molecule has 1 N–H and O–H groups in total. The van der Waals surface area contributed by atoms with Crippen LogP contribution in [0, 0.1) is 11.3 Å². The minimum atomic E-state index is -0.475. The van der Waals surface area contributed by atoms with Gasteiger partial charge in [-0.2, -0.15) is 10.4 Å². The zero-order chi connectivity index (χ0) is 20.8. The van der Waals surface area contributed by atoms with Crippen LogP contribution in [0.25, 0.3) is 11.3 Å².